The molecule has 0 fully saturated rings. The molecule has 0 aromatic carbocycles. The van der Waals surface area contributed by atoms with Crippen LogP contribution in [0.4, 0.5) is 0 Å². The van der Waals surface area contributed by atoms with E-state index in [0.717, 1.165) is 31.4 Å². The Hall–Kier alpha value is -1.06. The van der Waals surface area contributed by atoms with Gasteiger partial charge in [-0.25, -0.2) is 5.01 Å². The molecular weight excluding hydrogens is 154 g/mol. The highest BCUT2D eigenvalue weighted by molar-refractivity contribution is 5.02. The van der Waals surface area contributed by atoms with Crippen molar-refractivity contribution in [2.75, 3.05) is 13.6 Å². The summed E-state index contributed by atoms with van der Waals surface area (Å²) in [6.45, 7) is 2.68. The Morgan fingerprint density at radius 1 is 1.42 bits per heavy atom. The number of nitrogens with zero attached hydrogens (tertiary/aromatic N) is 3. The quantitative estimate of drug-likeness (QED) is 0.604. The third-order valence-electron chi connectivity index (χ3n) is 1.95. The lowest BCUT2D eigenvalue weighted by Crippen LogP contribution is -2.10. The van der Waals surface area contributed by atoms with Crippen molar-refractivity contribution in [2.45, 2.75) is 26.2 Å². The largest absolute Gasteiger partial charge is 0.493 e. The highest BCUT2D eigenvalue weighted by Gasteiger charge is 2.06. The molecule has 0 bridgehead atoms. The fourth-order valence-corrected chi connectivity index (χ4v) is 1.14. The van der Waals surface area contributed by atoms with Gasteiger partial charge in [0.15, 0.2) is 0 Å². The normalized spacial score (nSPS) is 26.3. The average molecular weight is 169 g/mol. The molecule has 1 aliphatic heterocycles. The summed E-state index contributed by atoms with van der Waals surface area (Å²) in [6.07, 6.45) is 3.05. The highest BCUT2D eigenvalue weighted by Crippen LogP contribution is 2.14. The summed E-state index contributed by atoms with van der Waals surface area (Å²) in [4.78, 5) is 0. The molecule has 0 amide bonds. The Bertz CT molecular complexity index is 210. The number of rotatable bonds is 0. The third kappa shape index (κ3) is 2.22. The van der Waals surface area contributed by atoms with Crippen molar-refractivity contribution < 1.29 is 5.11 Å². The molecule has 0 unspecified atom stereocenters. The fraction of sp³-hybridized carbons (Fsp3) is 0.750. The van der Waals surface area contributed by atoms with Crippen molar-refractivity contribution in [3.8, 4) is 0 Å². The molecule has 0 saturated carbocycles. The molecule has 0 aromatic heterocycles. The molecule has 1 aliphatic rings. The molecule has 0 atom stereocenters. The van der Waals surface area contributed by atoms with Gasteiger partial charge in [-0.3, -0.25) is 0 Å². The smallest absolute Gasteiger partial charge is 0.207 e. The minimum Gasteiger partial charge on any atom is -0.493 e. The number of aliphatic hydroxyl groups excluding tert-OH is 1. The molecule has 4 nitrogen and oxygen atoms in total. The summed E-state index contributed by atoms with van der Waals surface area (Å²) >= 11 is 0. The van der Waals surface area contributed by atoms with E-state index in [-0.39, 0.29) is 5.88 Å². The van der Waals surface area contributed by atoms with Gasteiger partial charge in [0.05, 0.1) is 6.54 Å². The minimum absolute atomic E-state index is 0.237. The zero-order valence-corrected chi connectivity index (χ0v) is 7.62. The molecule has 0 aromatic rings. The predicted molar refractivity (Wildman–Crippen MR) is 46.7 cm³/mol. The van der Waals surface area contributed by atoms with Gasteiger partial charge in [0.1, 0.15) is 0 Å². The lowest BCUT2D eigenvalue weighted by Gasteiger charge is -2.11. The van der Waals surface area contributed by atoms with E-state index >= 15 is 0 Å². The zero-order chi connectivity index (χ0) is 8.97. The van der Waals surface area contributed by atoms with Crippen LogP contribution in [0.15, 0.2) is 21.8 Å². The first-order valence-corrected chi connectivity index (χ1v) is 4.21. The Kier molecular flexibility index (Phi) is 3.08. The van der Waals surface area contributed by atoms with Crippen LogP contribution in [0.3, 0.4) is 0 Å². The number of hydrogen-bond donors (Lipinski definition) is 1. The van der Waals surface area contributed by atoms with E-state index in [4.69, 9.17) is 0 Å². The van der Waals surface area contributed by atoms with Gasteiger partial charge < -0.3 is 5.11 Å². The predicted octanol–water partition coefficient (Wildman–Crippen LogP) is 2.26. The average Bonchev–Trinajstić information content (AvgIpc) is 2.12. The molecule has 1 heterocycles. The van der Waals surface area contributed by atoms with Crippen molar-refractivity contribution in [1.29, 1.82) is 0 Å². The van der Waals surface area contributed by atoms with Gasteiger partial charge in [0.2, 0.25) is 5.88 Å². The van der Waals surface area contributed by atoms with Crippen molar-refractivity contribution in [2.24, 2.45) is 10.3 Å². The minimum atomic E-state index is 0.237. The number of hydrogen-bond acceptors (Lipinski definition) is 4. The topological polar surface area (TPSA) is 48.2 Å². The number of allylic oxidation sites excluding steroid dienone is 1. The second-order valence-electron chi connectivity index (χ2n) is 3.04. The van der Waals surface area contributed by atoms with Gasteiger partial charge in [-0.1, -0.05) is 5.22 Å². The van der Waals surface area contributed by atoms with E-state index in [2.05, 4.69) is 10.3 Å². The van der Waals surface area contributed by atoms with Gasteiger partial charge >= 0.3 is 0 Å². The van der Waals surface area contributed by atoms with Gasteiger partial charge in [-0.15, -0.1) is 0 Å². The molecule has 1 rings (SSSR count). The second kappa shape index (κ2) is 4.09. The lowest BCUT2D eigenvalue weighted by atomic mass is 10.1. The second-order valence-corrected chi connectivity index (χ2v) is 3.04. The van der Waals surface area contributed by atoms with Crippen molar-refractivity contribution in [1.82, 2.24) is 5.01 Å². The maximum absolute atomic E-state index is 9.53. The molecule has 0 spiro atoms. The van der Waals surface area contributed by atoms with Crippen LogP contribution in [0.5, 0.6) is 0 Å². The van der Waals surface area contributed by atoms with Crippen LogP contribution in [-0.4, -0.2) is 23.7 Å². The Labute approximate surface area is 72.6 Å². The van der Waals surface area contributed by atoms with Crippen LogP contribution in [0.25, 0.3) is 0 Å². The van der Waals surface area contributed by atoms with Crippen LogP contribution in [0.2, 0.25) is 0 Å². The zero-order valence-electron chi connectivity index (χ0n) is 7.62. The van der Waals surface area contributed by atoms with Crippen LogP contribution in [-0.2, 0) is 0 Å². The van der Waals surface area contributed by atoms with Crippen molar-refractivity contribution in [3.63, 3.8) is 0 Å². The van der Waals surface area contributed by atoms with E-state index in [1.165, 1.54) is 5.01 Å². The molecule has 4 heteroatoms. The molecule has 0 saturated heterocycles. The van der Waals surface area contributed by atoms with Gasteiger partial charge in [0, 0.05) is 7.05 Å². The monoisotopic (exact) mass is 169 g/mol. The fourth-order valence-electron chi connectivity index (χ4n) is 1.14. The van der Waals surface area contributed by atoms with Crippen molar-refractivity contribution in [3.05, 3.63) is 11.5 Å². The Balaban J connectivity index is 2.75. The lowest BCUT2D eigenvalue weighted by molar-refractivity contribution is 0.221. The Morgan fingerprint density at radius 2 is 2.17 bits per heavy atom. The van der Waals surface area contributed by atoms with Crippen LogP contribution in [0, 0.1) is 0 Å². The SMILES string of the molecule is C/C1=C(/O)N(C)N=NCCCC1. The Morgan fingerprint density at radius 3 is 2.92 bits per heavy atom. The third-order valence-corrected chi connectivity index (χ3v) is 1.95. The van der Waals surface area contributed by atoms with Crippen molar-refractivity contribution >= 4 is 0 Å². The number of aliphatic hydroxyl groups is 1. The van der Waals surface area contributed by atoms with Crippen LogP contribution >= 0.6 is 0 Å². The van der Waals surface area contributed by atoms with E-state index in [0.29, 0.717) is 0 Å². The van der Waals surface area contributed by atoms with E-state index in [9.17, 15) is 5.11 Å². The molecule has 0 aliphatic carbocycles. The summed E-state index contributed by atoms with van der Waals surface area (Å²) < 4.78 is 0. The summed E-state index contributed by atoms with van der Waals surface area (Å²) in [5.74, 6) is 0.237. The molecular formula is C8H15N3O. The standard InChI is InChI=1S/C8H15N3O/c1-7-5-3-4-6-9-10-11(2)8(7)12/h12H,3-6H2,1-2H3/b8-7-,10-9?. The van der Waals surface area contributed by atoms with Gasteiger partial charge in [-0.05, 0) is 31.8 Å². The summed E-state index contributed by atoms with van der Waals surface area (Å²) in [7, 11) is 1.70. The van der Waals surface area contributed by atoms with Crippen LogP contribution in [0.1, 0.15) is 26.2 Å². The first kappa shape index (κ1) is 9.03. The summed E-state index contributed by atoms with van der Waals surface area (Å²) in [6, 6.07) is 0. The van der Waals surface area contributed by atoms with Gasteiger partial charge in [-0.2, -0.15) is 5.11 Å². The molecule has 0 radical (unpaired) electrons. The maximum Gasteiger partial charge on any atom is 0.207 e. The maximum atomic E-state index is 9.53. The van der Waals surface area contributed by atoms with E-state index < -0.39 is 0 Å². The van der Waals surface area contributed by atoms with Gasteiger partial charge in [0.25, 0.3) is 0 Å². The summed E-state index contributed by atoms with van der Waals surface area (Å²) in [5, 5.41) is 18.7. The molecule has 1 N–H and O–H groups in total. The molecule has 12 heavy (non-hydrogen) atoms. The highest BCUT2D eigenvalue weighted by atomic mass is 16.3. The first-order valence-electron chi connectivity index (χ1n) is 4.21. The molecule has 68 valence electrons. The van der Waals surface area contributed by atoms with E-state index in [1.54, 1.807) is 7.05 Å². The van der Waals surface area contributed by atoms with E-state index in [1.807, 2.05) is 6.92 Å². The summed E-state index contributed by atoms with van der Waals surface area (Å²) in [5.41, 5.74) is 0.985. The first-order chi connectivity index (χ1) is 5.72. The van der Waals surface area contributed by atoms with Crippen LogP contribution < -0.4 is 0 Å².